The highest BCUT2D eigenvalue weighted by Crippen LogP contribution is 2.18. The molecule has 1 saturated heterocycles. The molecular formula is C16H23NO2. The molecule has 1 aliphatic heterocycles. The zero-order chi connectivity index (χ0) is 13.7. The predicted molar refractivity (Wildman–Crippen MR) is 76.4 cm³/mol. The number of Topliss-reactive ketones (excluding diaryl/α,β-unsaturated/α-hetero) is 1. The van der Waals surface area contributed by atoms with Crippen LogP contribution in [0, 0.1) is 6.92 Å². The van der Waals surface area contributed by atoms with Crippen LogP contribution in [0.3, 0.4) is 0 Å². The summed E-state index contributed by atoms with van der Waals surface area (Å²) in [6.45, 7) is 3.95. The summed E-state index contributed by atoms with van der Waals surface area (Å²) < 4.78 is 0. The van der Waals surface area contributed by atoms with Gasteiger partial charge in [0.25, 0.3) is 0 Å². The molecule has 2 rings (SSSR count). The molecule has 1 aliphatic rings. The molecule has 3 heteroatoms. The molecule has 1 N–H and O–H groups in total. The number of aliphatic hydroxyl groups excluding tert-OH is 1. The van der Waals surface area contributed by atoms with Gasteiger partial charge in [0.05, 0.1) is 6.61 Å². The van der Waals surface area contributed by atoms with Crippen molar-refractivity contribution in [1.29, 1.82) is 0 Å². The fraction of sp³-hybridized carbons (Fsp3) is 0.562. The summed E-state index contributed by atoms with van der Waals surface area (Å²) in [7, 11) is 0. The molecule has 3 nitrogen and oxygen atoms in total. The van der Waals surface area contributed by atoms with Crippen LogP contribution in [0.25, 0.3) is 0 Å². The second-order valence-corrected chi connectivity index (χ2v) is 5.36. The summed E-state index contributed by atoms with van der Waals surface area (Å²) in [6.07, 6.45) is 3.96. The summed E-state index contributed by atoms with van der Waals surface area (Å²) in [5, 5.41) is 9.36. The van der Waals surface area contributed by atoms with Gasteiger partial charge in [0, 0.05) is 24.6 Å². The number of aliphatic hydroxyl groups is 1. The molecule has 0 radical (unpaired) electrons. The van der Waals surface area contributed by atoms with Gasteiger partial charge in [0.15, 0.2) is 5.78 Å². The number of nitrogens with zero attached hydrogens (tertiary/aromatic N) is 1. The van der Waals surface area contributed by atoms with Gasteiger partial charge < -0.3 is 5.11 Å². The van der Waals surface area contributed by atoms with E-state index < -0.39 is 0 Å². The zero-order valence-electron chi connectivity index (χ0n) is 11.6. The Morgan fingerprint density at radius 2 is 2.16 bits per heavy atom. The number of piperidine rings is 1. The van der Waals surface area contributed by atoms with Crippen molar-refractivity contribution in [2.75, 3.05) is 19.7 Å². The zero-order valence-corrected chi connectivity index (χ0v) is 11.6. The van der Waals surface area contributed by atoms with E-state index in [1.165, 1.54) is 12.8 Å². The lowest BCUT2D eigenvalue weighted by molar-refractivity contribution is 0.0793. The van der Waals surface area contributed by atoms with Gasteiger partial charge in [-0.05, 0) is 31.9 Å². The minimum Gasteiger partial charge on any atom is -0.395 e. The van der Waals surface area contributed by atoms with E-state index in [0.717, 1.165) is 30.6 Å². The maximum Gasteiger partial charge on any atom is 0.164 e. The summed E-state index contributed by atoms with van der Waals surface area (Å²) in [5.74, 6) is 0.209. The normalized spacial score (nSPS) is 20.4. The van der Waals surface area contributed by atoms with Gasteiger partial charge >= 0.3 is 0 Å². The first-order valence-corrected chi connectivity index (χ1v) is 7.16. The number of likely N-dealkylation sites (tertiary alicyclic amines) is 1. The molecule has 0 spiro atoms. The fourth-order valence-electron chi connectivity index (χ4n) is 2.83. The summed E-state index contributed by atoms with van der Waals surface area (Å²) >= 11 is 0. The molecule has 1 heterocycles. The van der Waals surface area contributed by atoms with Crippen LogP contribution in [0.15, 0.2) is 24.3 Å². The molecule has 0 bridgehead atoms. The molecular weight excluding hydrogens is 238 g/mol. The van der Waals surface area contributed by atoms with Crippen molar-refractivity contribution in [3.63, 3.8) is 0 Å². The third-order valence-corrected chi connectivity index (χ3v) is 4.03. The molecule has 1 fully saturated rings. The SMILES string of the molecule is Cc1ccccc1C(=O)CCN1CCCCC1CO. The minimum absolute atomic E-state index is 0.207. The number of aryl methyl sites for hydroxylation is 1. The van der Waals surface area contributed by atoms with E-state index in [4.69, 9.17) is 0 Å². The van der Waals surface area contributed by atoms with Crippen LogP contribution in [0.4, 0.5) is 0 Å². The maximum absolute atomic E-state index is 12.2. The monoisotopic (exact) mass is 261 g/mol. The first kappa shape index (κ1) is 14.2. The Kier molecular flexibility index (Phi) is 5.11. The first-order chi connectivity index (χ1) is 9.22. The third-order valence-electron chi connectivity index (χ3n) is 4.03. The molecule has 1 atom stereocenters. The van der Waals surface area contributed by atoms with Gasteiger partial charge in [-0.15, -0.1) is 0 Å². The van der Waals surface area contributed by atoms with Crippen LogP contribution in [0.1, 0.15) is 41.6 Å². The van der Waals surface area contributed by atoms with Crippen molar-refractivity contribution < 1.29 is 9.90 Å². The summed E-state index contributed by atoms with van der Waals surface area (Å²) in [6, 6.07) is 8.00. The van der Waals surface area contributed by atoms with E-state index in [1.54, 1.807) is 0 Å². The number of hydrogen-bond donors (Lipinski definition) is 1. The lowest BCUT2D eigenvalue weighted by Gasteiger charge is -2.34. The Morgan fingerprint density at radius 1 is 1.37 bits per heavy atom. The Balaban J connectivity index is 1.91. The van der Waals surface area contributed by atoms with Crippen molar-refractivity contribution in [2.45, 2.75) is 38.6 Å². The minimum atomic E-state index is 0.207. The second kappa shape index (κ2) is 6.83. The van der Waals surface area contributed by atoms with Gasteiger partial charge in [-0.1, -0.05) is 30.7 Å². The van der Waals surface area contributed by atoms with Crippen molar-refractivity contribution in [3.8, 4) is 0 Å². The number of hydrogen-bond acceptors (Lipinski definition) is 3. The maximum atomic E-state index is 12.2. The lowest BCUT2D eigenvalue weighted by atomic mass is 10.00. The molecule has 0 aromatic heterocycles. The number of rotatable bonds is 5. The molecule has 0 aliphatic carbocycles. The van der Waals surface area contributed by atoms with Crippen LogP contribution in [0.2, 0.25) is 0 Å². The standard InChI is InChI=1S/C16H23NO2/c1-13-6-2-3-8-15(13)16(19)9-11-17-10-5-4-7-14(17)12-18/h2-3,6,8,14,18H,4-5,7,9-12H2,1H3. The highest BCUT2D eigenvalue weighted by Gasteiger charge is 2.22. The molecule has 1 aromatic rings. The van der Waals surface area contributed by atoms with E-state index in [-0.39, 0.29) is 18.4 Å². The van der Waals surface area contributed by atoms with Gasteiger partial charge in [0.2, 0.25) is 0 Å². The Hall–Kier alpha value is -1.19. The predicted octanol–water partition coefficient (Wildman–Crippen LogP) is 2.41. The molecule has 0 saturated carbocycles. The Morgan fingerprint density at radius 3 is 2.89 bits per heavy atom. The van der Waals surface area contributed by atoms with E-state index in [2.05, 4.69) is 4.90 Å². The lowest BCUT2D eigenvalue weighted by Crippen LogP contribution is -2.42. The highest BCUT2D eigenvalue weighted by atomic mass is 16.3. The Bertz CT molecular complexity index is 431. The number of ketones is 1. The van der Waals surface area contributed by atoms with Crippen molar-refractivity contribution in [1.82, 2.24) is 4.90 Å². The van der Waals surface area contributed by atoms with Gasteiger partial charge in [-0.2, -0.15) is 0 Å². The Labute approximate surface area is 115 Å². The second-order valence-electron chi connectivity index (χ2n) is 5.36. The number of carbonyl (C=O) groups is 1. The van der Waals surface area contributed by atoms with E-state index in [0.29, 0.717) is 6.42 Å². The first-order valence-electron chi connectivity index (χ1n) is 7.16. The summed E-state index contributed by atoms with van der Waals surface area (Å²) in [5.41, 5.74) is 1.88. The molecule has 1 aromatic carbocycles. The fourth-order valence-corrected chi connectivity index (χ4v) is 2.83. The molecule has 104 valence electrons. The smallest absolute Gasteiger partial charge is 0.164 e. The number of benzene rings is 1. The molecule has 19 heavy (non-hydrogen) atoms. The highest BCUT2D eigenvalue weighted by molar-refractivity contribution is 5.97. The van der Waals surface area contributed by atoms with Crippen molar-refractivity contribution in [2.24, 2.45) is 0 Å². The van der Waals surface area contributed by atoms with Crippen LogP contribution in [-0.4, -0.2) is 41.5 Å². The quantitative estimate of drug-likeness (QED) is 0.828. The number of carbonyl (C=O) groups excluding carboxylic acids is 1. The van der Waals surface area contributed by atoms with Crippen molar-refractivity contribution >= 4 is 5.78 Å². The topological polar surface area (TPSA) is 40.5 Å². The van der Waals surface area contributed by atoms with Gasteiger partial charge in [-0.25, -0.2) is 0 Å². The van der Waals surface area contributed by atoms with Crippen LogP contribution < -0.4 is 0 Å². The van der Waals surface area contributed by atoms with Crippen LogP contribution in [-0.2, 0) is 0 Å². The van der Waals surface area contributed by atoms with Crippen LogP contribution >= 0.6 is 0 Å². The van der Waals surface area contributed by atoms with Crippen molar-refractivity contribution in [3.05, 3.63) is 35.4 Å². The molecule has 0 amide bonds. The van der Waals surface area contributed by atoms with E-state index in [1.807, 2.05) is 31.2 Å². The third kappa shape index (κ3) is 3.64. The van der Waals surface area contributed by atoms with Gasteiger partial charge in [-0.3, -0.25) is 9.69 Å². The average molecular weight is 261 g/mol. The largest absolute Gasteiger partial charge is 0.395 e. The van der Waals surface area contributed by atoms with Gasteiger partial charge in [0.1, 0.15) is 0 Å². The van der Waals surface area contributed by atoms with Crippen LogP contribution in [0.5, 0.6) is 0 Å². The van der Waals surface area contributed by atoms with E-state index in [9.17, 15) is 9.90 Å². The molecule has 1 unspecified atom stereocenters. The average Bonchev–Trinajstić information content (AvgIpc) is 2.45. The van der Waals surface area contributed by atoms with E-state index >= 15 is 0 Å². The summed E-state index contributed by atoms with van der Waals surface area (Å²) in [4.78, 5) is 14.5.